The largest absolute Gasteiger partial charge is 0.443 e. The molecule has 2 rings (SSSR count). The lowest BCUT2D eigenvalue weighted by atomic mass is 9.95. The Morgan fingerprint density at radius 3 is 2.62 bits per heavy atom. The van der Waals surface area contributed by atoms with Crippen LogP contribution in [0.1, 0.15) is 47.1 Å². The molecule has 4 nitrogen and oxygen atoms in total. The molecule has 21 heavy (non-hydrogen) atoms. The van der Waals surface area contributed by atoms with Gasteiger partial charge in [0.15, 0.2) is 0 Å². The summed E-state index contributed by atoms with van der Waals surface area (Å²) in [5.41, 5.74) is 2.27. The van der Waals surface area contributed by atoms with Crippen molar-refractivity contribution in [2.45, 2.75) is 59.1 Å². The van der Waals surface area contributed by atoms with Gasteiger partial charge in [-0.3, -0.25) is 4.90 Å². The minimum atomic E-state index is -0.501. The van der Waals surface area contributed by atoms with Crippen molar-refractivity contribution in [2.24, 2.45) is 0 Å². The number of nitrogens with one attached hydrogen (secondary N) is 1. The molecule has 0 fully saturated rings. The van der Waals surface area contributed by atoms with Crippen molar-refractivity contribution < 1.29 is 9.53 Å². The van der Waals surface area contributed by atoms with Crippen molar-refractivity contribution in [3.63, 3.8) is 0 Å². The molecule has 0 saturated carbocycles. The molecule has 0 radical (unpaired) electrons. The Bertz CT molecular complexity index is 530. The molecule has 1 aromatic rings. The summed E-state index contributed by atoms with van der Waals surface area (Å²) in [4.78, 5) is 14.5. The van der Waals surface area contributed by atoms with Gasteiger partial charge in [0.2, 0.25) is 0 Å². The molecular weight excluding hydrogens is 264 g/mol. The normalized spacial score (nSPS) is 17.0. The molecule has 0 aliphatic carbocycles. The van der Waals surface area contributed by atoms with Crippen molar-refractivity contribution in [1.82, 2.24) is 0 Å². The molecule has 1 amide bonds. The Labute approximate surface area is 127 Å². The van der Waals surface area contributed by atoms with E-state index in [-0.39, 0.29) is 11.6 Å². The third-order valence-electron chi connectivity index (χ3n) is 3.62. The van der Waals surface area contributed by atoms with E-state index in [0.29, 0.717) is 6.54 Å². The number of hydrogen-bond acceptors (Lipinski definition) is 3. The molecular formula is C17H26N2O2. The highest BCUT2D eigenvalue weighted by atomic mass is 16.6. The van der Waals surface area contributed by atoms with Crippen molar-refractivity contribution in [3.8, 4) is 0 Å². The summed E-state index contributed by atoms with van der Waals surface area (Å²) in [7, 11) is 0. The molecule has 0 atom stereocenters. The van der Waals surface area contributed by atoms with Gasteiger partial charge in [0, 0.05) is 6.54 Å². The second-order valence-corrected chi connectivity index (χ2v) is 7.15. The third-order valence-corrected chi connectivity index (χ3v) is 3.62. The molecule has 1 N–H and O–H groups in total. The number of fused-ring (bicyclic) bond motifs is 1. The fraction of sp³-hybridized carbons (Fsp3) is 0.588. The van der Waals surface area contributed by atoms with Gasteiger partial charge in [0.05, 0.1) is 16.9 Å². The summed E-state index contributed by atoms with van der Waals surface area (Å²) in [5, 5.41) is 3.43. The van der Waals surface area contributed by atoms with Crippen molar-refractivity contribution in [3.05, 3.63) is 23.8 Å². The zero-order valence-corrected chi connectivity index (χ0v) is 13.9. The summed E-state index contributed by atoms with van der Waals surface area (Å²) < 4.78 is 5.63. The molecule has 4 heteroatoms. The molecule has 1 aliphatic heterocycles. The number of carbonyl (C=O) groups excluding carboxylic acids is 1. The van der Waals surface area contributed by atoms with Gasteiger partial charge in [-0.25, -0.2) is 4.79 Å². The van der Waals surface area contributed by atoms with Gasteiger partial charge in [-0.1, -0.05) is 19.1 Å². The lowest BCUT2D eigenvalue weighted by Crippen LogP contribution is -2.56. The number of aryl methyl sites for hydroxylation is 1. The van der Waals surface area contributed by atoms with E-state index >= 15 is 0 Å². The van der Waals surface area contributed by atoms with Crippen LogP contribution < -0.4 is 10.2 Å². The van der Waals surface area contributed by atoms with E-state index in [1.54, 1.807) is 0 Å². The Morgan fingerprint density at radius 1 is 1.38 bits per heavy atom. The van der Waals surface area contributed by atoms with Gasteiger partial charge in [-0.05, 0) is 52.7 Å². The number of nitrogens with zero attached hydrogens (tertiary/aromatic N) is 1. The number of carbonyl (C=O) groups is 1. The summed E-state index contributed by atoms with van der Waals surface area (Å²) in [6, 6.07) is 6.11. The maximum atomic E-state index is 12.7. The molecule has 1 aromatic carbocycles. The van der Waals surface area contributed by atoms with E-state index in [4.69, 9.17) is 4.74 Å². The van der Waals surface area contributed by atoms with Crippen LogP contribution in [0.2, 0.25) is 0 Å². The first kappa shape index (κ1) is 15.7. The quantitative estimate of drug-likeness (QED) is 0.843. The van der Waals surface area contributed by atoms with Crippen LogP contribution in [0.4, 0.5) is 16.2 Å². The zero-order chi connectivity index (χ0) is 15.8. The molecule has 0 saturated heterocycles. The van der Waals surface area contributed by atoms with Crippen LogP contribution >= 0.6 is 0 Å². The average molecular weight is 290 g/mol. The van der Waals surface area contributed by atoms with Crippen LogP contribution in [0.3, 0.4) is 0 Å². The molecule has 0 bridgehead atoms. The Hall–Kier alpha value is -1.71. The van der Waals surface area contributed by atoms with Gasteiger partial charge in [0.1, 0.15) is 5.60 Å². The van der Waals surface area contributed by atoms with Crippen LogP contribution in [-0.4, -0.2) is 23.8 Å². The van der Waals surface area contributed by atoms with Crippen LogP contribution in [0, 0.1) is 0 Å². The topological polar surface area (TPSA) is 41.6 Å². The molecule has 0 unspecified atom stereocenters. The number of benzene rings is 1. The van der Waals surface area contributed by atoms with Gasteiger partial charge in [-0.15, -0.1) is 0 Å². The number of hydrogen-bond donors (Lipinski definition) is 1. The minimum Gasteiger partial charge on any atom is -0.443 e. The molecule has 0 spiro atoms. The number of rotatable bonds is 1. The Kier molecular flexibility index (Phi) is 3.91. The highest BCUT2D eigenvalue weighted by Gasteiger charge is 2.40. The predicted octanol–water partition coefficient (Wildman–Crippen LogP) is 4.19. The van der Waals surface area contributed by atoms with E-state index in [9.17, 15) is 4.79 Å². The highest BCUT2D eigenvalue weighted by molar-refractivity contribution is 5.96. The van der Waals surface area contributed by atoms with E-state index in [0.717, 1.165) is 23.4 Å². The molecule has 1 heterocycles. The Balaban J connectivity index is 2.50. The lowest BCUT2D eigenvalue weighted by molar-refractivity contribution is 0.0546. The predicted molar refractivity (Wildman–Crippen MR) is 87.1 cm³/mol. The highest BCUT2D eigenvalue weighted by Crippen LogP contribution is 2.40. The molecule has 0 aromatic heterocycles. The number of ether oxygens (including phenoxy) is 1. The molecule has 1 aliphatic rings. The van der Waals surface area contributed by atoms with E-state index in [2.05, 4.69) is 32.2 Å². The Morgan fingerprint density at radius 2 is 2.05 bits per heavy atom. The van der Waals surface area contributed by atoms with E-state index < -0.39 is 5.60 Å². The second-order valence-electron chi connectivity index (χ2n) is 7.15. The van der Waals surface area contributed by atoms with Gasteiger partial charge in [-0.2, -0.15) is 0 Å². The average Bonchev–Trinajstić information content (AvgIpc) is 2.34. The third kappa shape index (κ3) is 3.14. The van der Waals surface area contributed by atoms with Crippen molar-refractivity contribution in [1.29, 1.82) is 0 Å². The first-order valence-electron chi connectivity index (χ1n) is 7.54. The first-order valence-corrected chi connectivity index (χ1v) is 7.54. The van der Waals surface area contributed by atoms with Gasteiger partial charge < -0.3 is 10.1 Å². The maximum Gasteiger partial charge on any atom is 0.415 e. The number of amides is 1. The summed E-state index contributed by atoms with van der Waals surface area (Å²) >= 11 is 0. The SMILES string of the molecule is CCc1cccc2c1N(C(=O)OC(C)(C)C)C(C)(C)CN2. The van der Waals surface area contributed by atoms with Crippen LogP contribution in [0.25, 0.3) is 0 Å². The number of anilines is 2. The minimum absolute atomic E-state index is 0.281. The smallest absolute Gasteiger partial charge is 0.415 e. The second kappa shape index (κ2) is 5.24. The number of para-hydroxylation sites is 1. The fourth-order valence-electron chi connectivity index (χ4n) is 2.62. The molecule has 116 valence electrons. The first-order chi connectivity index (χ1) is 9.65. The van der Waals surface area contributed by atoms with Crippen molar-refractivity contribution in [2.75, 3.05) is 16.8 Å². The lowest BCUT2D eigenvalue weighted by Gasteiger charge is -2.44. The standard InChI is InChI=1S/C17H26N2O2/c1-7-12-9-8-10-13-14(12)19(17(5,6)11-18-13)15(20)21-16(2,3)4/h8-10,18H,7,11H2,1-6H3. The maximum absolute atomic E-state index is 12.7. The van der Waals surface area contributed by atoms with Crippen LogP contribution in [0.15, 0.2) is 18.2 Å². The fourth-order valence-corrected chi connectivity index (χ4v) is 2.62. The van der Waals surface area contributed by atoms with Gasteiger partial charge in [0.25, 0.3) is 0 Å². The van der Waals surface area contributed by atoms with E-state index in [1.807, 2.05) is 37.8 Å². The summed E-state index contributed by atoms with van der Waals surface area (Å²) in [6.45, 7) is 12.6. The summed E-state index contributed by atoms with van der Waals surface area (Å²) in [5.74, 6) is 0. The van der Waals surface area contributed by atoms with Crippen LogP contribution in [-0.2, 0) is 11.2 Å². The zero-order valence-electron chi connectivity index (χ0n) is 13.9. The summed E-state index contributed by atoms with van der Waals surface area (Å²) in [6.07, 6.45) is 0.594. The van der Waals surface area contributed by atoms with Gasteiger partial charge >= 0.3 is 6.09 Å². The van der Waals surface area contributed by atoms with Crippen molar-refractivity contribution >= 4 is 17.5 Å². The van der Waals surface area contributed by atoms with Crippen LogP contribution in [0.5, 0.6) is 0 Å². The van der Waals surface area contributed by atoms with E-state index in [1.165, 1.54) is 0 Å². The monoisotopic (exact) mass is 290 g/mol.